The standard InChI is InChI=1S/C44H55N15O6/c1-6-58-32(18-25(3)53-58)40(62)51-42-49-30-20-27(38(46)60)19-29(48-12-16-55-15-10-44(23-55)11-17-65-24-44)35(30)56(42)13-8-9-14-57-36-31(21-28(39(47)61)22-33(36)64-5)50-43(57)52-41(63)37-34(45)26(4)54-59(37)7-2/h8-9,18-22,48H,6-7,10-17,23-24,45H2,1-5H3,(H2,46,60)(H2,47,61)(H,49,51,62)(H,50,52,63)/b9-8+. The molecule has 4 aromatic heterocycles. The number of allylic oxidation sites excluding steroid dienone is 2. The molecule has 1 unspecified atom stereocenters. The maximum absolute atomic E-state index is 13.9. The number of imidazole rings is 2. The van der Waals surface area contributed by atoms with Crippen molar-refractivity contribution in [3.8, 4) is 5.75 Å². The number of hydrogen-bond acceptors (Lipinski definition) is 13. The predicted octanol–water partition coefficient (Wildman–Crippen LogP) is 3.51. The summed E-state index contributed by atoms with van der Waals surface area (Å²) >= 11 is 0. The molecule has 0 saturated carbocycles. The average Bonchev–Trinajstić information content (AvgIpc) is 4.15. The minimum absolute atomic E-state index is 0.147. The van der Waals surface area contributed by atoms with E-state index in [4.69, 9.17) is 36.6 Å². The SMILES string of the molecule is CCn1nc(C)cc1C(=O)Nc1nc2cc(C(N)=O)cc(NCCN3CCC4(CCOC4)C3)c2n1C/C=C/Cn1c(NC(=O)c2c(N)c(C)nn2CC)nc2cc(C(N)=O)cc(OC)c21. The van der Waals surface area contributed by atoms with Gasteiger partial charge in [-0.15, -0.1) is 0 Å². The number of likely N-dealkylation sites (tertiary alicyclic amines) is 1. The van der Waals surface area contributed by atoms with Gasteiger partial charge in [0.25, 0.3) is 11.8 Å². The molecule has 6 aromatic rings. The van der Waals surface area contributed by atoms with E-state index >= 15 is 0 Å². The van der Waals surface area contributed by atoms with E-state index in [0.717, 1.165) is 45.7 Å². The minimum Gasteiger partial charge on any atom is -0.494 e. The van der Waals surface area contributed by atoms with Crippen LogP contribution in [0.5, 0.6) is 5.75 Å². The lowest BCUT2D eigenvalue weighted by Crippen LogP contribution is -2.31. The second-order valence-electron chi connectivity index (χ2n) is 16.5. The number of carbonyl (C=O) groups excluding carboxylic acids is 4. The van der Waals surface area contributed by atoms with Crippen LogP contribution in [0.4, 0.5) is 23.3 Å². The molecular formula is C44H55N15O6. The zero-order valence-corrected chi connectivity index (χ0v) is 37.2. The molecule has 1 atom stereocenters. The van der Waals surface area contributed by atoms with Crippen LogP contribution in [0.1, 0.15) is 79.8 Å². The Morgan fingerprint density at radius 3 is 2.12 bits per heavy atom. The van der Waals surface area contributed by atoms with Gasteiger partial charge in [-0.05, 0) is 77.4 Å². The number of fused-ring (bicyclic) bond motifs is 2. The summed E-state index contributed by atoms with van der Waals surface area (Å²) in [5.41, 5.74) is 23.0. The van der Waals surface area contributed by atoms with Gasteiger partial charge in [0.15, 0.2) is 0 Å². The Labute approximate surface area is 374 Å². The van der Waals surface area contributed by atoms with E-state index in [-0.39, 0.29) is 52.9 Å². The highest BCUT2D eigenvalue weighted by molar-refractivity contribution is 6.08. The van der Waals surface area contributed by atoms with E-state index in [1.54, 1.807) is 34.4 Å². The molecule has 0 bridgehead atoms. The van der Waals surface area contributed by atoms with Crippen LogP contribution in [-0.4, -0.2) is 114 Å². The number of aromatic nitrogens is 8. The van der Waals surface area contributed by atoms with Crippen molar-refractivity contribution in [1.29, 1.82) is 0 Å². The third-order valence-electron chi connectivity index (χ3n) is 12.2. The Morgan fingerprint density at radius 2 is 1.49 bits per heavy atom. The van der Waals surface area contributed by atoms with E-state index in [9.17, 15) is 19.2 Å². The molecule has 9 N–H and O–H groups in total. The number of nitrogens with zero attached hydrogens (tertiary/aromatic N) is 9. The smallest absolute Gasteiger partial charge is 0.278 e. The Morgan fingerprint density at radius 1 is 0.846 bits per heavy atom. The molecule has 2 aliphatic rings. The highest BCUT2D eigenvalue weighted by Gasteiger charge is 2.41. The molecule has 0 aliphatic carbocycles. The van der Waals surface area contributed by atoms with Crippen LogP contribution in [0.15, 0.2) is 42.5 Å². The summed E-state index contributed by atoms with van der Waals surface area (Å²) in [5, 5.41) is 18.3. The van der Waals surface area contributed by atoms with Gasteiger partial charge in [-0.2, -0.15) is 10.2 Å². The second-order valence-corrected chi connectivity index (χ2v) is 16.5. The molecule has 21 heteroatoms. The lowest BCUT2D eigenvalue weighted by atomic mass is 9.87. The molecule has 8 rings (SSSR count). The first-order valence-electron chi connectivity index (χ1n) is 21.6. The highest BCUT2D eigenvalue weighted by Crippen LogP contribution is 2.38. The third kappa shape index (κ3) is 8.71. The minimum atomic E-state index is -0.675. The van der Waals surface area contributed by atoms with E-state index < -0.39 is 23.6 Å². The number of benzene rings is 2. The Hall–Kier alpha value is -7.26. The number of hydrogen-bond donors (Lipinski definition) is 6. The van der Waals surface area contributed by atoms with Crippen molar-refractivity contribution in [3.05, 3.63) is 76.4 Å². The molecule has 65 heavy (non-hydrogen) atoms. The topological polar surface area (TPSA) is 275 Å². The van der Waals surface area contributed by atoms with Gasteiger partial charge >= 0.3 is 0 Å². The van der Waals surface area contributed by atoms with Gasteiger partial charge in [0.05, 0.1) is 53.0 Å². The van der Waals surface area contributed by atoms with Crippen LogP contribution in [0.3, 0.4) is 0 Å². The Kier molecular flexibility index (Phi) is 12.3. The largest absolute Gasteiger partial charge is 0.494 e. The summed E-state index contributed by atoms with van der Waals surface area (Å²) in [5.74, 6) is -1.56. The molecular weight excluding hydrogens is 835 g/mol. The number of methoxy groups -OCH3 is 1. The van der Waals surface area contributed by atoms with Crippen molar-refractivity contribution < 1.29 is 28.7 Å². The highest BCUT2D eigenvalue weighted by atomic mass is 16.5. The lowest BCUT2D eigenvalue weighted by Gasteiger charge is -2.22. The molecule has 2 aliphatic heterocycles. The van der Waals surface area contributed by atoms with Crippen LogP contribution in [0.2, 0.25) is 0 Å². The summed E-state index contributed by atoms with van der Waals surface area (Å²) in [4.78, 5) is 64.7. The number of nitrogen functional groups attached to an aromatic ring is 1. The number of amides is 4. The first-order valence-corrected chi connectivity index (χ1v) is 21.6. The van der Waals surface area contributed by atoms with Gasteiger partial charge in [0.2, 0.25) is 23.7 Å². The van der Waals surface area contributed by atoms with Gasteiger partial charge in [0, 0.05) is 69.0 Å². The van der Waals surface area contributed by atoms with Crippen molar-refractivity contribution >= 4 is 69.0 Å². The summed E-state index contributed by atoms with van der Waals surface area (Å²) < 4.78 is 18.2. The lowest BCUT2D eigenvalue weighted by molar-refractivity contribution is 0.0992. The summed E-state index contributed by atoms with van der Waals surface area (Å²) in [7, 11) is 1.46. The number of primary amides is 2. The summed E-state index contributed by atoms with van der Waals surface area (Å²) in [6.45, 7) is 13.4. The van der Waals surface area contributed by atoms with Crippen LogP contribution in [0, 0.1) is 19.3 Å². The molecule has 2 fully saturated rings. The molecule has 2 aromatic carbocycles. The number of nitrogens with one attached hydrogen (secondary N) is 3. The van der Waals surface area contributed by atoms with E-state index in [1.165, 1.54) is 23.9 Å². The van der Waals surface area contributed by atoms with Crippen LogP contribution >= 0.6 is 0 Å². The first kappa shape index (κ1) is 44.4. The van der Waals surface area contributed by atoms with Crippen LogP contribution in [0.25, 0.3) is 22.1 Å². The van der Waals surface area contributed by atoms with E-state index in [1.807, 2.05) is 37.5 Å². The maximum Gasteiger partial charge on any atom is 0.278 e. The zero-order chi connectivity index (χ0) is 46.2. The number of anilines is 4. The number of carbonyl (C=O) groups is 4. The molecule has 342 valence electrons. The Balaban J connectivity index is 1.15. The average molecular weight is 890 g/mol. The van der Waals surface area contributed by atoms with Crippen molar-refractivity contribution in [2.75, 3.05) is 68.2 Å². The summed E-state index contributed by atoms with van der Waals surface area (Å²) in [6, 6.07) is 8.08. The molecule has 4 amide bonds. The monoisotopic (exact) mass is 889 g/mol. The van der Waals surface area contributed by atoms with Crippen molar-refractivity contribution in [1.82, 2.24) is 43.6 Å². The van der Waals surface area contributed by atoms with Crippen molar-refractivity contribution in [2.45, 2.75) is 66.7 Å². The van der Waals surface area contributed by atoms with Crippen molar-refractivity contribution in [3.63, 3.8) is 0 Å². The fraction of sp³-hybridized carbons (Fsp3) is 0.409. The predicted molar refractivity (Wildman–Crippen MR) is 245 cm³/mol. The number of ether oxygens (including phenoxy) is 2. The van der Waals surface area contributed by atoms with Crippen molar-refractivity contribution in [2.24, 2.45) is 16.9 Å². The van der Waals surface area contributed by atoms with Crippen LogP contribution < -0.4 is 37.9 Å². The maximum atomic E-state index is 13.9. The Bertz CT molecular complexity index is 2860. The zero-order valence-electron chi connectivity index (χ0n) is 37.2. The molecule has 2 saturated heterocycles. The van der Waals surface area contributed by atoms with E-state index in [2.05, 4.69) is 31.0 Å². The number of rotatable bonds is 17. The molecule has 0 radical (unpaired) electrons. The van der Waals surface area contributed by atoms with Gasteiger partial charge in [0.1, 0.15) is 22.7 Å². The van der Waals surface area contributed by atoms with Crippen LogP contribution in [-0.2, 0) is 30.9 Å². The quantitative estimate of drug-likeness (QED) is 0.0717. The van der Waals surface area contributed by atoms with Gasteiger partial charge < -0.3 is 46.0 Å². The van der Waals surface area contributed by atoms with Gasteiger partial charge in [-0.3, -0.25) is 39.2 Å². The second kappa shape index (κ2) is 18.1. The molecule has 21 nitrogen and oxygen atoms in total. The molecule has 6 heterocycles. The fourth-order valence-corrected chi connectivity index (χ4v) is 8.88. The molecule has 1 spiro atoms. The summed E-state index contributed by atoms with van der Waals surface area (Å²) in [6.07, 6.45) is 5.90. The fourth-order valence-electron chi connectivity index (χ4n) is 8.88. The third-order valence-corrected chi connectivity index (χ3v) is 12.2. The van der Waals surface area contributed by atoms with Gasteiger partial charge in [-0.25, -0.2) is 9.97 Å². The normalized spacial score (nSPS) is 16.4. The first-order chi connectivity index (χ1) is 31.2. The van der Waals surface area contributed by atoms with Gasteiger partial charge in [-0.1, -0.05) is 12.2 Å². The number of nitrogens with two attached hydrogens (primary N) is 3. The van der Waals surface area contributed by atoms with E-state index in [0.29, 0.717) is 70.2 Å². The number of aryl methyl sites for hydroxylation is 4.